The first kappa shape index (κ1) is 14.4. The van der Waals surface area contributed by atoms with Crippen molar-refractivity contribution in [2.75, 3.05) is 6.61 Å². The Labute approximate surface area is 92.5 Å². The van der Waals surface area contributed by atoms with Crippen molar-refractivity contribution >= 4 is 5.97 Å². The molecule has 0 radical (unpaired) electrons. The molecule has 1 atom stereocenters. The molecule has 3 nitrogen and oxygen atoms in total. The summed E-state index contributed by atoms with van der Waals surface area (Å²) in [7, 11) is 0. The number of carboxylic acids is 1. The van der Waals surface area contributed by atoms with Crippen molar-refractivity contribution in [2.45, 2.75) is 52.4 Å². The van der Waals surface area contributed by atoms with E-state index < -0.39 is 5.97 Å². The molecule has 0 rings (SSSR count). The summed E-state index contributed by atoms with van der Waals surface area (Å²) in [5.74, 6) is -0.395. The van der Waals surface area contributed by atoms with Gasteiger partial charge in [0, 0.05) is 6.61 Å². The fourth-order valence-electron chi connectivity index (χ4n) is 1.77. The smallest absolute Gasteiger partial charge is 0.306 e. The first-order chi connectivity index (χ1) is 7.07. The summed E-state index contributed by atoms with van der Waals surface area (Å²) in [4.78, 5) is 10.9. The van der Waals surface area contributed by atoms with Crippen LogP contribution in [0.1, 0.15) is 52.4 Å². The second-order valence-corrected chi connectivity index (χ2v) is 4.59. The number of rotatable bonds is 9. The second kappa shape index (κ2) is 8.72. The Hall–Kier alpha value is -0.570. The molecular formula is C12H24O3. The van der Waals surface area contributed by atoms with Gasteiger partial charge in [-0.15, -0.1) is 0 Å². The molecule has 0 aromatic rings. The number of carbonyl (C=O) groups is 1. The quantitative estimate of drug-likeness (QED) is 0.583. The lowest BCUT2D eigenvalue weighted by atomic mass is 9.92. The number of hydrogen-bond acceptors (Lipinski definition) is 2. The molecule has 15 heavy (non-hydrogen) atoms. The van der Waals surface area contributed by atoms with E-state index >= 15 is 0 Å². The van der Waals surface area contributed by atoms with E-state index in [0.717, 1.165) is 38.5 Å². The van der Waals surface area contributed by atoms with E-state index in [-0.39, 0.29) is 12.5 Å². The van der Waals surface area contributed by atoms with Crippen LogP contribution >= 0.6 is 0 Å². The summed E-state index contributed by atoms with van der Waals surface area (Å²) < 4.78 is 0. The first-order valence-corrected chi connectivity index (χ1v) is 5.91. The van der Waals surface area contributed by atoms with E-state index in [2.05, 4.69) is 13.8 Å². The third-order valence-corrected chi connectivity index (χ3v) is 2.57. The fourth-order valence-corrected chi connectivity index (χ4v) is 1.77. The highest BCUT2D eigenvalue weighted by atomic mass is 16.4. The minimum absolute atomic E-state index is 0.181. The van der Waals surface area contributed by atoms with Crippen molar-refractivity contribution in [3.63, 3.8) is 0 Å². The second-order valence-electron chi connectivity index (χ2n) is 4.59. The van der Waals surface area contributed by atoms with E-state index in [1.54, 1.807) is 0 Å². The van der Waals surface area contributed by atoms with Gasteiger partial charge in [-0.2, -0.15) is 0 Å². The van der Waals surface area contributed by atoms with E-state index in [0.29, 0.717) is 5.92 Å². The number of aliphatic carboxylic acids is 1. The zero-order valence-electron chi connectivity index (χ0n) is 9.91. The van der Waals surface area contributed by atoms with Crippen molar-refractivity contribution in [2.24, 2.45) is 11.8 Å². The Morgan fingerprint density at radius 3 is 2.20 bits per heavy atom. The molecule has 90 valence electrons. The third kappa shape index (κ3) is 8.43. The van der Waals surface area contributed by atoms with Gasteiger partial charge in [-0.25, -0.2) is 0 Å². The zero-order valence-corrected chi connectivity index (χ0v) is 9.91. The standard InChI is InChI=1S/C12H24O3/c1-10(2)9-11(12(14)15)7-5-3-4-6-8-13/h10-11,13H,3-9H2,1-2H3,(H,14,15). The lowest BCUT2D eigenvalue weighted by Gasteiger charge is -2.14. The number of unbranched alkanes of at least 4 members (excludes halogenated alkanes) is 3. The van der Waals surface area contributed by atoms with Crippen LogP contribution in [-0.4, -0.2) is 22.8 Å². The minimum atomic E-state index is -0.661. The molecule has 0 aliphatic carbocycles. The Bertz CT molecular complexity index is 166. The maximum Gasteiger partial charge on any atom is 0.306 e. The number of carboxylic acid groups (broad SMARTS) is 1. The van der Waals surface area contributed by atoms with E-state index in [9.17, 15) is 4.79 Å². The molecular weight excluding hydrogens is 192 g/mol. The summed E-state index contributed by atoms with van der Waals surface area (Å²) in [6.45, 7) is 4.36. The van der Waals surface area contributed by atoms with E-state index in [1.807, 2.05) is 0 Å². The summed E-state index contributed by atoms with van der Waals surface area (Å²) in [5.41, 5.74) is 0. The number of hydrogen-bond donors (Lipinski definition) is 2. The summed E-state index contributed by atoms with van der Waals surface area (Å²) >= 11 is 0. The van der Waals surface area contributed by atoms with Crippen LogP contribution in [0.2, 0.25) is 0 Å². The molecule has 0 amide bonds. The average molecular weight is 216 g/mol. The van der Waals surface area contributed by atoms with Gasteiger partial charge in [0.2, 0.25) is 0 Å². The van der Waals surface area contributed by atoms with Crippen molar-refractivity contribution < 1.29 is 15.0 Å². The molecule has 0 spiro atoms. The van der Waals surface area contributed by atoms with Gasteiger partial charge in [0.05, 0.1) is 5.92 Å². The maximum atomic E-state index is 10.9. The van der Waals surface area contributed by atoms with Gasteiger partial charge in [0.15, 0.2) is 0 Å². The molecule has 0 aliphatic rings. The lowest BCUT2D eigenvalue weighted by molar-refractivity contribution is -0.142. The highest BCUT2D eigenvalue weighted by Gasteiger charge is 2.17. The topological polar surface area (TPSA) is 57.5 Å². The summed E-state index contributed by atoms with van der Waals surface area (Å²) in [6, 6.07) is 0. The SMILES string of the molecule is CC(C)CC(CCCCCCO)C(=O)O. The van der Waals surface area contributed by atoms with Crippen molar-refractivity contribution in [1.29, 1.82) is 0 Å². The third-order valence-electron chi connectivity index (χ3n) is 2.57. The normalized spacial score (nSPS) is 13.1. The van der Waals surface area contributed by atoms with Crippen LogP contribution in [0.15, 0.2) is 0 Å². The number of aliphatic hydroxyl groups excluding tert-OH is 1. The molecule has 2 N–H and O–H groups in total. The molecule has 0 aliphatic heterocycles. The molecule has 1 unspecified atom stereocenters. The Balaban J connectivity index is 3.62. The van der Waals surface area contributed by atoms with Gasteiger partial charge in [-0.05, 0) is 25.2 Å². The van der Waals surface area contributed by atoms with Crippen LogP contribution in [0.4, 0.5) is 0 Å². The van der Waals surface area contributed by atoms with Gasteiger partial charge >= 0.3 is 5.97 Å². The van der Waals surface area contributed by atoms with Gasteiger partial charge in [0.1, 0.15) is 0 Å². The molecule has 0 fully saturated rings. The molecule has 0 aromatic carbocycles. The molecule has 0 heterocycles. The van der Waals surface area contributed by atoms with Crippen molar-refractivity contribution in [3.8, 4) is 0 Å². The summed E-state index contributed by atoms with van der Waals surface area (Å²) in [6.07, 6.45) is 5.38. The van der Waals surface area contributed by atoms with Crippen LogP contribution in [0.3, 0.4) is 0 Å². The fraction of sp³-hybridized carbons (Fsp3) is 0.917. The van der Waals surface area contributed by atoms with Gasteiger partial charge in [0.25, 0.3) is 0 Å². The van der Waals surface area contributed by atoms with Crippen LogP contribution in [0.5, 0.6) is 0 Å². The Morgan fingerprint density at radius 1 is 1.13 bits per heavy atom. The van der Waals surface area contributed by atoms with Crippen molar-refractivity contribution in [3.05, 3.63) is 0 Å². The van der Waals surface area contributed by atoms with Crippen LogP contribution in [-0.2, 0) is 4.79 Å². The largest absolute Gasteiger partial charge is 0.481 e. The van der Waals surface area contributed by atoms with E-state index in [1.165, 1.54) is 0 Å². The molecule has 0 aromatic heterocycles. The van der Waals surface area contributed by atoms with Crippen LogP contribution in [0.25, 0.3) is 0 Å². The highest BCUT2D eigenvalue weighted by molar-refractivity contribution is 5.69. The van der Waals surface area contributed by atoms with Crippen LogP contribution in [0, 0.1) is 11.8 Å². The molecule has 0 bridgehead atoms. The first-order valence-electron chi connectivity index (χ1n) is 5.91. The molecule has 0 saturated heterocycles. The Kier molecular flexibility index (Phi) is 8.38. The van der Waals surface area contributed by atoms with Gasteiger partial charge in [-0.1, -0.05) is 33.1 Å². The predicted octanol–water partition coefficient (Wildman–Crippen LogP) is 2.68. The van der Waals surface area contributed by atoms with Gasteiger partial charge in [-0.3, -0.25) is 4.79 Å². The van der Waals surface area contributed by atoms with Crippen molar-refractivity contribution in [1.82, 2.24) is 0 Å². The summed E-state index contributed by atoms with van der Waals surface area (Å²) in [5, 5.41) is 17.6. The minimum Gasteiger partial charge on any atom is -0.481 e. The zero-order chi connectivity index (χ0) is 11.7. The molecule has 3 heteroatoms. The van der Waals surface area contributed by atoms with Crippen LogP contribution < -0.4 is 0 Å². The molecule has 0 saturated carbocycles. The average Bonchev–Trinajstić information content (AvgIpc) is 2.15. The monoisotopic (exact) mass is 216 g/mol. The number of aliphatic hydroxyl groups is 1. The highest BCUT2D eigenvalue weighted by Crippen LogP contribution is 2.19. The van der Waals surface area contributed by atoms with E-state index in [4.69, 9.17) is 10.2 Å². The maximum absolute atomic E-state index is 10.9. The Morgan fingerprint density at radius 2 is 1.73 bits per heavy atom. The lowest BCUT2D eigenvalue weighted by Crippen LogP contribution is -2.15. The predicted molar refractivity (Wildman–Crippen MR) is 60.8 cm³/mol. The van der Waals surface area contributed by atoms with Gasteiger partial charge < -0.3 is 10.2 Å².